The Hall–Kier alpha value is -3.81. The molecule has 0 unspecified atom stereocenters. The maximum absolute atomic E-state index is 12.7. The van der Waals surface area contributed by atoms with E-state index in [1.165, 1.54) is 0 Å². The van der Waals surface area contributed by atoms with Crippen LogP contribution in [0.4, 0.5) is 0 Å². The molecule has 0 bridgehead atoms. The number of ether oxygens (including phenoxy) is 2. The van der Waals surface area contributed by atoms with Gasteiger partial charge in [-0.3, -0.25) is 4.79 Å². The van der Waals surface area contributed by atoms with Crippen LogP contribution in [-0.2, 0) is 22.4 Å². The van der Waals surface area contributed by atoms with Gasteiger partial charge < -0.3 is 24.3 Å². The Morgan fingerprint density at radius 1 is 1.17 bits per heavy atom. The monoisotopic (exact) mass is 479 g/mol. The van der Waals surface area contributed by atoms with Crippen LogP contribution in [-0.4, -0.2) is 35.2 Å². The van der Waals surface area contributed by atoms with Gasteiger partial charge in [0.05, 0.1) is 5.39 Å². The lowest BCUT2D eigenvalue weighted by atomic mass is 9.92. The number of fused-ring (bicyclic) bond motifs is 3. The maximum Gasteiger partial charge on any atom is 0.339 e. The summed E-state index contributed by atoms with van der Waals surface area (Å²) in [4.78, 5) is 36.8. The van der Waals surface area contributed by atoms with Crippen molar-refractivity contribution in [3.63, 3.8) is 0 Å². The molecule has 1 aliphatic heterocycles. The van der Waals surface area contributed by atoms with Gasteiger partial charge in [0.2, 0.25) is 0 Å². The Balaban J connectivity index is 1.61. The highest BCUT2D eigenvalue weighted by atomic mass is 16.5. The fraction of sp³-hybridized carbons (Fsp3) is 0.370. The molecular weight excluding hydrogens is 450 g/mol. The van der Waals surface area contributed by atoms with Gasteiger partial charge in [-0.2, -0.15) is 0 Å². The average Bonchev–Trinajstić information content (AvgIpc) is 2.80. The first-order chi connectivity index (χ1) is 16.6. The minimum atomic E-state index is -1.13. The third-order valence-electron chi connectivity index (χ3n) is 6.38. The van der Waals surface area contributed by atoms with Crippen molar-refractivity contribution in [2.24, 2.45) is 0 Å². The first kappa shape index (κ1) is 24.3. The third-order valence-corrected chi connectivity index (χ3v) is 6.38. The molecule has 1 amide bonds. The fourth-order valence-corrected chi connectivity index (χ4v) is 4.28. The molecule has 2 aromatic carbocycles. The highest BCUT2D eigenvalue weighted by molar-refractivity contribution is 5.92. The third kappa shape index (κ3) is 5.16. The molecule has 2 heterocycles. The summed E-state index contributed by atoms with van der Waals surface area (Å²) < 4.78 is 17.7. The molecule has 8 nitrogen and oxygen atoms in total. The summed E-state index contributed by atoms with van der Waals surface area (Å²) in [6, 6.07) is 9.69. The van der Waals surface area contributed by atoms with Crippen molar-refractivity contribution >= 4 is 22.8 Å². The van der Waals surface area contributed by atoms with E-state index < -0.39 is 35.8 Å². The summed E-state index contributed by atoms with van der Waals surface area (Å²) in [6.07, 6.45) is 1.58. The molecule has 184 valence electrons. The van der Waals surface area contributed by atoms with Crippen LogP contribution >= 0.6 is 0 Å². The van der Waals surface area contributed by atoms with Gasteiger partial charge in [0.1, 0.15) is 28.7 Å². The highest BCUT2D eigenvalue weighted by Gasteiger charge is 2.31. The number of benzene rings is 2. The van der Waals surface area contributed by atoms with Gasteiger partial charge in [0, 0.05) is 23.6 Å². The second-order valence-corrected chi connectivity index (χ2v) is 9.49. The molecular formula is C27H29NO7. The molecule has 3 aromatic rings. The van der Waals surface area contributed by atoms with E-state index in [9.17, 15) is 19.5 Å². The SMILES string of the molecule is Cc1c(C)c2c(OCC(=O)N[C@@H](Cc3ccccc3)C(=O)O)cc3c(c2oc1=O)CCC(C)(C)O3. The Labute approximate surface area is 202 Å². The predicted octanol–water partition coefficient (Wildman–Crippen LogP) is 3.70. The van der Waals surface area contributed by atoms with Crippen LogP contribution in [0.5, 0.6) is 11.5 Å². The lowest BCUT2D eigenvalue weighted by molar-refractivity contribution is -0.142. The van der Waals surface area contributed by atoms with Gasteiger partial charge in [0.15, 0.2) is 6.61 Å². The summed E-state index contributed by atoms with van der Waals surface area (Å²) in [7, 11) is 0. The number of carbonyl (C=O) groups excluding carboxylic acids is 1. The van der Waals surface area contributed by atoms with Crippen LogP contribution in [0.15, 0.2) is 45.6 Å². The Morgan fingerprint density at radius 2 is 1.89 bits per heavy atom. The van der Waals surface area contributed by atoms with E-state index in [4.69, 9.17) is 13.9 Å². The largest absolute Gasteiger partial charge is 0.487 e. The standard InChI is InChI=1S/C27H29NO7/c1-15-16(2)26(32)34-24-18-10-11-27(3,4)35-20(18)13-21(23(15)24)33-14-22(29)28-19(25(30)31)12-17-8-6-5-7-9-17/h5-9,13,19H,10-12,14H2,1-4H3,(H,28,29)(H,30,31)/t19-/m0/s1. The molecule has 0 saturated heterocycles. The zero-order valence-electron chi connectivity index (χ0n) is 20.3. The van der Waals surface area contributed by atoms with E-state index in [2.05, 4.69) is 5.32 Å². The molecule has 0 spiro atoms. The minimum absolute atomic E-state index is 0.149. The van der Waals surface area contributed by atoms with Gasteiger partial charge in [-0.25, -0.2) is 9.59 Å². The van der Waals surface area contributed by atoms with E-state index in [0.29, 0.717) is 40.0 Å². The van der Waals surface area contributed by atoms with Crippen LogP contribution in [0.2, 0.25) is 0 Å². The summed E-state index contributed by atoms with van der Waals surface area (Å²) in [5, 5.41) is 12.7. The van der Waals surface area contributed by atoms with Crippen LogP contribution in [0.25, 0.3) is 11.0 Å². The second-order valence-electron chi connectivity index (χ2n) is 9.49. The van der Waals surface area contributed by atoms with Crippen molar-refractivity contribution in [3.8, 4) is 11.5 Å². The minimum Gasteiger partial charge on any atom is -0.487 e. The second kappa shape index (κ2) is 9.44. The van der Waals surface area contributed by atoms with Gasteiger partial charge in [0.25, 0.3) is 5.91 Å². The lowest BCUT2D eigenvalue weighted by Gasteiger charge is -2.33. The fourth-order valence-electron chi connectivity index (χ4n) is 4.28. The average molecular weight is 480 g/mol. The molecule has 0 radical (unpaired) electrons. The number of rotatable bonds is 7. The molecule has 0 aliphatic carbocycles. The molecule has 1 atom stereocenters. The first-order valence-electron chi connectivity index (χ1n) is 11.5. The van der Waals surface area contributed by atoms with Crippen LogP contribution < -0.4 is 20.4 Å². The maximum atomic E-state index is 12.7. The van der Waals surface area contributed by atoms with E-state index >= 15 is 0 Å². The highest BCUT2D eigenvalue weighted by Crippen LogP contribution is 2.43. The summed E-state index contributed by atoms with van der Waals surface area (Å²) in [5.74, 6) is -0.827. The van der Waals surface area contributed by atoms with Gasteiger partial charge in [-0.05, 0) is 51.7 Å². The number of carboxylic acid groups (broad SMARTS) is 1. The molecule has 1 aromatic heterocycles. The Kier molecular flexibility index (Phi) is 6.56. The number of carbonyl (C=O) groups is 2. The van der Waals surface area contributed by atoms with E-state index in [1.54, 1.807) is 25.1 Å². The quantitative estimate of drug-likeness (QED) is 0.497. The number of aryl methyl sites for hydroxylation is 2. The van der Waals surface area contributed by atoms with Gasteiger partial charge in [-0.1, -0.05) is 30.3 Å². The van der Waals surface area contributed by atoms with Crippen LogP contribution in [0.3, 0.4) is 0 Å². The van der Waals surface area contributed by atoms with E-state index in [-0.39, 0.29) is 6.42 Å². The summed E-state index contributed by atoms with van der Waals surface area (Å²) >= 11 is 0. The Morgan fingerprint density at radius 3 is 2.57 bits per heavy atom. The van der Waals surface area contributed by atoms with E-state index in [1.807, 2.05) is 39.0 Å². The summed E-state index contributed by atoms with van der Waals surface area (Å²) in [6.45, 7) is 7.03. The smallest absolute Gasteiger partial charge is 0.339 e. The Bertz CT molecular complexity index is 1340. The topological polar surface area (TPSA) is 115 Å². The predicted molar refractivity (Wildman–Crippen MR) is 130 cm³/mol. The molecule has 0 fully saturated rings. The van der Waals surface area contributed by atoms with Crippen molar-refractivity contribution in [3.05, 3.63) is 69.1 Å². The molecule has 0 saturated carbocycles. The number of carboxylic acids is 1. The van der Waals surface area contributed by atoms with Crippen LogP contribution in [0, 0.1) is 13.8 Å². The van der Waals surface area contributed by atoms with Gasteiger partial charge in [-0.15, -0.1) is 0 Å². The molecule has 2 N–H and O–H groups in total. The number of nitrogens with one attached hydrogen (secondary N) is 1. The molecule has 35 heavy (non-hydrogen) atoms. The molecule has 1 aliphatic rings. The molecule has 4 rings (SSSR count). The number of aliphatic carboxylic acids is 1. The van der Waals surface area contributed by atoms with Crippen molar-refractivity contribution in [2.75, 3.05) is 6.61 Å². The number of hydrogen-bond acceptors (Lipinski definition) is 6. The zero-order chi connectivity index (χ0) is 25.3. The first-order valence-corrected chi connectivity index (χ1v) is 11.5. The molecule has 8 heteroatoms. The van der Waals surface area contributed by atoms with Crippen molar-refractivity contribution < 1.29 is 28.6 Å². The van der Waals surface area contributed by atoms with Crippen molar-refractivity contribution in [2.45, 2.75) is 58.6 Å². The normalized spacial score (nSPS) is 15.1. The van der Waals surface area contributed by atoms with E-state index in [0.717, 1.165) is 17.5 Å². The van der Waals surface area contributed by atoms with Crippen molar-refractivity contribution in [1.29, 1.82) is 0 Å². The summed E-state index contributed by atoms with van der Waals surface area (Å²) in [5.41, 5.74) is 2.31. The van der Waals surface area contributed by atoms with Gasteiger partial charge >= 0.3 is 11.6 Å². The number of amides is 1. The van der Waals surface area contributed by atoms with Crippen molar-refractivity contribution in [1.82, 2.24) is 5.32 Å². The van der Waals surface area contributed by atoms with Crippen LogP contribution in [0.1, 0.15) is 42.5 Å². The zero-order valence-corrected chi connectivity index (χ0v) is 20.3. The lowest BCUT2D eigenvalue weighted by Crippen LogP contribution is -2.44. The number of hydrogen-bond donors (Lipinski definition) is 2.